The average molecular weight is 405 g/mol. The lowest BCUT2D eigenvalue weighted by Gasteiger charge is -2.41. The third-order valence-corrected chi connectivity index (χ3v) is 6.66. The van der Waals surface area contributed by atoms with E-state index in [9.17, 15) is 14.7 Å². The Balaban J connectivity index is 1.30. The van der Waals surface area contributed by atoms with Crippen molar-refractivity contribution >= 4 is 17.6 Å². The first-order valence-electron chi connectivity index (χ1n) is 10.2. The molecule has 30 heavy (non-hydrogen) atoms. The van der Waals surface area contributed by atoms with Gasteiger partial charge in [-0.3, -0.25) is 9.59 Å². The number of hydrogen-bond donors (Lipinski definition) is 2. The Morgan fingerprint density at radius 3 is 2.20 bits per heavy atom. The van der Waals surface area contributed by atoms with Crippen molar-refractivity contribution in [3.05, 3.63) is 60.7 Å². The Bertz CT molecular complexity index is 1010. The van der Waals surface area contributed by atoms with Crippen molar-refractivity contribution in [2.75, 3.05) is 12.4 Å². The largest absolute Gasteiger partial charge is 0.493 e. The van der Waals surface area contributed by atoms with Crippen LogP contribution < -0.4 is 14.8 Å². The van der Waals surface area contributed by atoms with Gasteiger partial charge in [-0.2, -0.15) is 0 Å². The molecule has 0 heterocycles. The van der Waals surface area contributed by atoms with Crippen molar-refractivity contribution < 1.29 is 24.2 Å². The molecule has 6 rings (SSSR count). The van der Waals surface area contributed by atoms with Crippen LogP contribution in [0.15, 0.2) is 60.7 Å². The maximum atomic E-state index is 13.0. The van der Waals surface area contributed by atoms with Gasteiger partial charge in [0.25, 0.3) is 0 Å². The van der Waals surface area contributed by atoms with Gasteiger partial charge in [-0.05, 0) is 66.5 Å². The fraction of sp³-hybridized carbons (Fsp3) is 0.333. The molecule has 2 fully saturated rings. The van der Waals surface area contributed by atoms with Crippen LogP contribution in [-0.4, -0.2) is 24.1 Å². The molecular formula is C24H23NO5. The lowest BCUT2D eigenvalue weighted by atomic mass is 9.62. The van der Waals surface area contributed by atoms with Gasteiger partial charge < -0.3 is 19.9 Å². The fourth-order valence-corrected chi connectivity index (χ4v) is 5.23. The number of anilines is 1. The molecular weight excluding hydrogens is 382 g/mol. The first-order chi connectivity index (χ1) is 14.6. The van der Waals surface area contributed by atoms with Gasteiger partial charge in [-0.25, -0.2) is 0 Å². The summed E-state index contributed by atoms with van der Waals surface area (Å²) in [6, 6.07) is 14.4. The molecule has 0 aromatic heterocycles. The number of para-hydroxylation sites is 2. The van der Waals surface area contributed by atoms with Gasteiger partial charge in [0.1, 0.15) is 5.75 Å². The molecule has 2 bridgehead atoms. The molecule has 2 saturated carbocycles. The molecule has 0 unspecified atom stereocenters. The van der Waals surface area contributed by atoms with E-state index >= 15 is 0 Å². The number of aliphatic carboxylic acids is 1. The zero-order valence-corrected chi connectivity index (χ0v) is 16.5. The van der Waals surface area contributed by atoms with Gasteiger partial charge in [0.15, 0.2) is 11.5 Å². The SMILES string of the molecule is COc1ccccc1Oc1ccc(NC(=O)[C@@H]2[C@H]3C=C[C@@H]([C@@H]4C[C@H]34)[C@@H]2C(=O)O)cc1. The Morgan fingerprint density at radius 1 is 0.933 bits per heavy atom. The second-order valence-corrected chi connectivity index (χ2v) is 8.26. The number of rotatable bonds is 6. The van der Waals surface area contributed by atoms with E-state index in [4.69, 9.17) is 9.47 Å². The van der Waals surface area contributed by atoms with E-state index in [2.05, 4.69) is 11.4 Å². The summed E-state index contributed by atoms with van der Waals surface area (Å²) < 4.78 is 11.2. The highest BCUT2D eigenvalue weighted by Crippen LogP contribution is 2.63. The van der Waals surface area contributed by atoms with Crippen molar-refractivity contribution in [3.63, 3.8) is 0 Å². The van der Waals surface area contributed by atoms with Crippen LogP contribution in [-0.2, 0) is 9.59 Å². The van der Waals surface area contributed by atoms with Crippen LogP contribution in [0.3, 0.4) is 0 Å². The summed E-state index contributed by atoms with van der Waals surface area (Å²) in [4.78, 5) is 24.9. The summed E-state index contributed by atoms with van der Waals surface area (Å²) in [6.07, 6.45) is 5.11. The van der Waals surface area contributed by atoms with Crippen LogP contribution in [0.4, 0.5) is 5.69 Å². The van der Waals surface area contributed by atoms with Gasteiger partial charge in [-0.15, -0.1) is 0 Å². The number of methoxy groups -OCH3 is 1. The van der Waals surface area contributed by atoms with Crippen molar-refractivity contribution in [2.24, 2.45) is 35.5 Å². The van der Waals surface area contributed by atoms with Crippen molar-refractivity contribution in [1.82, 2.24) is 0 Å². The highest BCUT2D eigenvalue weighted by Gasteiger charge is 2.62. The van der Waals surface area contributed by atoms with E-state index < -0.39 is 17.8 Å². The Labute approximate surface area is 174 Å². The molecule has 2 N–H and O–H groups in total. The van der Waals surface area contributed by atoms with E-state index in [0.29, 0.717) is 34.8 Å². The fourth-order valence-electron chi connectivity index (χ4n) is 5.23. The summed E-state index contributed by atoms with van der Waals surface area (Å²) in [6.45, 7) is 0. The van der Waals surface area contributed by atoms with Crippen molar-refractivity contribution in [1.29, 1.82) is 0 Å². The predicted octanol–water partition coefficient (Wildman–Crippen LogP) is 4.19. The Hall–Kier alpha value is -3.28. The Morgan fingerprint density at radius 2 is 1.57 bits per heavy atom. The van der Waals surface area contributed by atoms with Gasteiger partial charge in [0, 0.05) is 5.69 Å². The van der Waals surface area contributed by atoms with Gasteiger partial charge >= 0.3 is 5.97 Å². The van der Waals surface area contributed by atoms with Crippen molar-refractivity contribution in [3.8, 4) is 17.2 Å². The lowest BCUT2D eigenvalue weighted by molar-refractivity contribution is -0.152. The second-order valence-electron chi connectivity index (χ2n) is 8.26. The van der Waals surface area contributed by atoms with Gasteiger partial charge in [0.05, 0.1) is 18.9 Å². The third kappa shape index (κ3) is 3.12. The molecule has 154 valence electrons. The molecule has 0 aliphatic heterocycles. The number of allylic oxidation sites excluding steroid dienone is 2. The van der Waals surface area contributed by atoms with Crippen molar-refractivity contribution in [2.45, 2.75) is 6.42 Å². The number of amides is 1. The van der Waals surface area contributed by atoms with Crippen LogP contribution in [0, 0.1) is 35.5 Å². The summed E-state index contributed by atoms with van der Waals surface area (Å²) >= 11 is 0. The molecule has 0 saturated heterocycles. The first kappa shape index (κ1) is 18.7. The van der Waals surface area contributed by atoms with Crippen LogP contribution in [0.2, 0.25) is 0 Å². The van der Waals surface area contributed by atoms with Gasteiger partial charge in [0.2, 0.25) is 5.91 Å². The minimum absolute atomic E-state index is 0.0225. The van der Waals surface area contributed by atoms with Crippen LogP contribution >= 0.6 is 0 Å². The van der Waals surface area contributed by atoms with Crippen LogP contribution in [0.1, 0.15) is 6.42 Å². The molecule has 6 atom stereocenters. The normalized spacial score (nSPS) is 30.3. The monoisotopic (exact) mass is 405 g/mol. The number of nitrogens with one attached hydrogen (secondary N) is 1. The lowest BCUT2D eigenvalue weighted by Crippen LogP contribution is -2.48. The number of carbonyl (C=O) groups is 2. The molecule has 2 aromatic carbocycles. The number of hydrogen-bond acceptors (Lipinski definition) is 4. The molecule has 0 radical (unpaired) electrons. The predicted molar refractivity (Wildman–Crippen MR) is 110 cm³/mol. The van der Waals surface area contributed by atoms with Crippen LogP contribution in [0.25, 0.3) is 0 Å². The molecule has 2 aromatic rings. The molecule has 6 heteroatoms. The van der Waals surface area contributed by atoms with E-state index in [-0.39, 0.29) is 17.7 Å². The number of ether oxygens (including phenoxy) is 2. The highest BCUT2D eigenvalue weighted by atomic mass is 16.5. The smallest absolute Gasteiger partial charge is 0.307 e. The quantitative estimate of drug-likeness (QED) is 0.704. The first-order valence-corrected chi connectivity index (χ1v) is 10.2. The highest BCUT2D eigenvalue weighted by molar-refractivity contribution is 5.96. The number of carbonyl (C=O) groups excluding carboxylic acids is 1. The number of carboxylic acid groups (broad SMARTS) is 1. The zero-order valence-electron chi connectivity index (χ0n) is 16.5. The topological polar surface area (TPSA) is 84.9 Å². The van der Waals surface area contributed by atoms with E-state index in [1.807, 2.05) is 30.3 Å². The molecule has 6 nitrogen and oxygen atoms in total. The second kappa shape index (κ2) is 7.20. The summed E-state index contributed by atoms with van der Waals surface area (Å²) in [5.41, 5.74) is 0.620. The summed E-state index contributed by atoms with van der Waals surface area (Å²) in [5.74, 6) is 0.493. The minimum atomic E-state index is -0.875. The minimum Gasteiger partial charge on any atom is -0.493 e. The summed E-state index contributed by atoms with van der Waals surface area (Å²) in [5, 5.41) is 12.7. The molecule has 4 aliphatic rings. The van der Waals surface area contributed by atoms with E-state index in [1.165, 1.54) is 0 Å². The average Bonchev–Trinajstić information content (AvgIpc) is 3.57. The standard InChI is InChI=1S/C24H23NO5/c1-29-19-4-2-3-5-20(19)30-14-8-6-13(7-9-14)25-23(26)21-15-10-11-16(18-12-17(15)18)22(21)24(27)28/h2-11,15-18,21-22H,12H2,1H3,(H,25,26)(H,27,28)/t15-,16-,17+,18-,21+,22-/m0/s1. The zero-order chi connectivity index (χ0) is 20.8. The van der Waals surface area contributed by atoms with E-state index in [1.54, 1.807) is 31.4 Å². The number of fused-ring (bicyclic) bond motifs is 1. The molecule has 4 aliphatic carbocycles. The maximum Gasteiger partial charge on any atom is 0.307 e. The van der Waals surface area contributed by atoms with E-state index in [0.717, 1.165) is 6.42 Å². The third-order valence-electron chi connectivity index (χ3n) is 6.66. The number of benzene rings is 2. The van der Waals surface area contributed by atoms with Crippen LogP contribution in [0.5, 0.6) is 17.2 Å². The Kier molecular flexibility index (Phi) is 4.50. The van der Waals surface area contributed by atoms with Gasteiger partial charge in [-0.1, -0.05) is 24.3 Å². The summed E-state index contributed by atoms with van der Waals surface area (Å²) in [7, 11) is 1.59. The molecule has 1 amide bonds. The molecule has 0 spiro atoms. The maximum absolute atomic E-state index is 13.0. The number of carboxylic acids is 1.